The fraction of sp³-hybridized carbons (Fsp3) is 0.172. The Morgan fingerprint density at radius 1 is 1.21 bits per heavy atom. The SMILES string of the molecule is C=C(C)Nc1nc2ccc(-c3nn(CC4=Cc5cccc(Cl)c5C(=C)N4C(C)C)c4ncnc(N)c34)cc2s1. The molecule has 0 radical (unpaired) electrons. The van der Waals surface area contributed by atoms with Gasteiger partial charge in [0.05, 0.1) is 27.2 Å². The number of hydrogen-bond donors (Lipinski definition) is 2. The summed E-state index contributed by atoms with van der Waals surface area (Å²) in [5.74, 6) is 0.384. The predicted octanol–water partition coefficient (Wildman–Crippen LogP) is 7.02. The van der Waals surface area contributed by atoms with Crippen LogP contribution in [0.2, 0.25) is 5.02 Å². The van der Waals surface area contributed by atoms with Crippen LogP contribution in [0.1, 0.15) is 31.9 Å². The number of nitrogen functional groups attached to an aromatic ring is 1. The van der Waals surface area contributed by atoms with Gasteiger partial charge in [-0.3, -0.25) is 0 Å². The molecular formula is C29H27ClN8S. The third kappa shape index (κ3) is 4.33. The highest BCUT2D eigenvalue weighted by atomic mass is 35.5. The first-order chi connectivity index (χ1) is 18.7. The van der Waals surface area contributed by atoms with Crippen molar-refractivity contribution in [1.29, 1.82) is 0 Å². The van der Waals surface area contributed by atoms with Gasteiger partial charge in [0, 0.05) is 34.3 Å². The summed E-state index contributed by atoms with van der Waals surface area (Å²) in [6.45, 7) is 14.9. The third-order valence-electron chi connectivity index (χ3n) is 6.63. The van der Waals surface area contributed by atoms with Crippen LogP contribution in [0.4, 0.5) is 10.9 Å². The molecule has 4 heterocycles. The molecule has 5 aromatic rings. The van der Waals surface area contributed by atoms with Crippen LogP contribution >= 0.6 is 22.9 Å². The zero-order valence-electron chi connectivity index (χ0n) is 21.9. The molecule has 0 saturated heterocycles. The molecule has 1 aliphatic heterocycles. The number of aromatic nitrogens is 5. The first-order valence-electron chi connectivity index (χ1n) is 12.5. The average Bonchev–Trinajstić information content (AvgIpc) is 3.44. The Balaban J connectivity index is 1.47. The lowest BCUT2D eigenvalue weighted by atomic mass is 9.97. The Kier molecular flexibility index (Phi) is 6.12. The minimum Gasteiger partial charge on any atom is -0.383 e. The smallest absolute Gasteiger partial charge is 0.188 e. The highest BCUT2D eigenvalue weighted by Gasteiger charge is 2.27. The number of nitrogens with one attached hydrogen (secondary N) is 1. The molecule has 1 aliphatic rings. The molecule has 0 unspecified atom stereocenters. The summed E-state index contributed by atoms with van der Waals surface area (Å²) in [7, 11) is 0. The van der Waals surface area contributed by atoms with Crippen LogP contribution in [0.3, 0.4) is 0 Å². The number of halogens is 1. The summed E-state index contributed by atoms with van der Waals surface area (Å²) < 4.78 is 2.91. The van der Waals surface area contributed by atoms with Crippen LogP contribution in [0, 0.1) is 0 Å². The summed E-state index contributed by atoms with van der Waals surface area (Å²) >= 11 is 8.13. The van der Waals surface area contributed by atoms with Gasteiger partial charge in [0.2, 0.25) is 0 Å². The number of hydrogen-bond acceptors (Lipinski definition) is 8. The Bertz CT molecular complexity index is 1830. The van der Waals surface area contributed by atoms with E-state index in [1.54, 1.807) is 11.3 Å². The van der Waals surface area contributed by atoms with Crippen molar-refractivity contribution in [3.8, 4) is 11.3 Å². The van der Waals surface area contributed by atoms with Crippen LogP contribution in [0.25, 0.3) is 44.3 Å². The number of benzene rings is 2. The van der Waals surface area contributed by atoms with E-state index < -0.39 is 0 Å². The minimum absolute atomic E-state index is 0.157. The molecule has 0 fully saturated rings. The lowest BCUT2D eigenvalue weighted by Gasteiger charge is -2.37. The maximum Gasteiger partial charge on any atom is 0.188 e. The van der Waals surface area contributed by atoms with Crippen molar-refractivity contribution in [1.82, 2.24) is 29.6 Å². The van der Waals surface area contributed by atoms with E-state index in [2.05, 4.69) is 70.4 Å². The molecule has 0 saturated carbocycles. The summed E-state index contributed by atoms with van der Waals surface area (Å²) in [6.07, 6.45) is 3.62. The van der Waals surface area contributed by atoms with Crippen molar-refractivity contribution in [2.75, 3.05) is 11.1 Å². The fourth-order valence-electron chi connectivity index (χ4n) is 5.08. The van der Waals surface area contributed by atoms with E-state index in [0.717, 1.165) is 60.2 Å². The molecule has 8 nitrogen and oxygen atoms in total. The molecule has 0 spiro atoms. The number of allylic oxidation sites excluding steroid dienone is 2. The van der Waals surface area contributed by atoms with Gasteiger partial charge in [-0.05, 0) is 50.6 Å². The van der Waals surface area contributed by atoms with Gasteiger partial charge < -0.3 is 16.0 Å². The number of rotatable bonds is 6. The van der Waals surface area contributed by atoms with Gasteiger partial charge in [0.1, 0.15) is 17.8 Å². The third-order valence-corrected chi connectivity index (χ3v) is 7.87. The molecule has 0 aliphatic carbocycles. The number of fused-ring (bicyclic) bond motifs is 3. The Labute approximate surface area is 235 Å². The molecule has 6 rings (SSSR count). The quantitative estimate of drug-likeness (QED) is 0.233. The monoisotopic (exact) mass is 554 g/mol. The molecule has 0 amide bonds. The molecule has 3 N–H and O–H groups in total. The second kappa shape index (κ2) is 9.52. The van der Waals surface area contributed by atoms with Crippen molar-refractivity contribution in [2.45, 2.75) is 33.4 Å². The van der Waals surface area contributed by atoms with Crippen LogP contribution < -0.4 is 11.1 Å². The highest BCUT2D eigenvalue weighted by molar-refractivity contribution is 7.22. The van der Waals surface area contributed by atoms with E-state index in [-0.39, 0.29) is 6.04 Å². The molecule has 196 valence electrons. The van der Waals surface area contributed by atoms with E-state index in [4.69, 9.17) is 22.4 Å². The van der Waals surface area contributed by atoms with E-state index in [9.17, 15) is 0 Å². The lowest BCUT2D eigenvalue weighted by molar-refractivity contribution is 0.380. The minimum atomic E-state index is 0.157. The van der Waals surface area contributed by atoms with Crippen molar-refractivity contribution < 1.29 is 0 Å². The van der Waals surface area contributed by atoms with Gasteiger partial charge in [-0.25, -0.2) is 19.6 Å². The van der Waals surface area contributed by atoms with E-state index in [0.29, 0.717) is 23.0 Å². The Morgan fingerprint density at radius 3 is 2.79 bits per heavy atom. The molecule has 10 heteroatoms. The molecule has 0 atom stereocenters. The van der Waals surface area contributed by atoms with Crippen molar-refractivity contribution >= 4 is 66.9 Å². The first-order valence-corrected chi connectivity index (χ1v) is 13.7. The van der Waals surface area contributed by atoms with Gasteiger partial charge in [-0.15, -0.1) is 0 Å². The second-order valence-electron chi connectivity index (χ2n) is 9.82. The highest BCUT2D eigenvalue weighted by Crippen LogP contribution is 2.40. The second-order valence-corrected chi connectivity index (χ2v) is 11.3. The van der Waals surface area contributed by atoms with Crippen molar-refractivity contribution in [3.63, 3.8) is 0 Å². The maximum atomic E-state index is 6.57. The Morgan fingerprint density at radius 2 is 2.03 bits per heavy atom. The van der Waals surface area contributed by atoms with E-state index >= 15 is 0 Å². The number of thiazole rings is 1. The lowest BCUT2D eigenvalue weighted by Crippen LogP contribution is -2.32. The average molecular weight is 555 g/mol. The molecule has 3 aromatic heterocycles. The summed E-state index contributed by atoms with van der Waals surface area (Å²) in [6, 6.07) is 12.1. The standard InChI is InChI=1S/C29H27ClN8S/c1-15(2)34-29-35-22-10-9-19(12-23(22)39-29)26-25-27(31)32-14-33-28(25)37(36-26)13-20-11-18-7-6-8-21(30)24(18)17(5)38(20)16(3)4/h6-12,14,16H,1,5,13H2,2-4H3,(H,34,35)(H2,31,32,33). The first kappa shape index (κ1) is 25.1. The Hall–Kier alpha value is -4.21. The zero-order valence-corrected chi connectivity index (χ0v) is 23.4. The molecule has 39 heavy (non-hydrogen) atoms. The summed E-state index contributed by atoms with van der Waals surface area (Å²) in [4.78, 5) is 15.7. The molecule has 2 aromatic carbocycles. The largest absolute Gasteiger partial charge is 0.383 e. The van der Waals surface area contributed by atoms with Crippen LogP contribution in [0.15, 0.2) is 67.3 Å². The molecular weight excluding hydrogens is 528 g/mol. The van der Waals surface area contributed by atoms with Gasteiger partial charge in [0.15, 0.2) is 10.8 Å². The van der Waals surface area contributed by atoms with Crippen LogP contribution in [-0.4, -0.2) is 35.7 Å². The number of nitrogens with two attached hydrogens (primary N) is 1. The van der Waals surface area contributed by atoms with Crippen molar-refractivity contribution in [2.24, 2.45) is 0 Å². The maximum absolute atomic E-state index is 6.57. The fourth-order valence-corrected chi connectivity index (χ4v) is 6.35. The van der Waals surface area contributed by atoms with Gasteiger partial charge in [0.25, 0.3) is 0 Å². The summed E-state index contributed by atoms with van der Waals surface area (Å²) in [5.41, 5.74) is 14.3. The van der Waals surface area contributed by atoms with Crippen LogP contribution in [-0.2, 0) is 6.54 Å². The topological polar surface area (TPSA) is 97.8 Å². The number of nitrogens with zero attached hydrogens (tertiary/aromatic N) is 6. The van der Waals surface area contributed by atoms with E-state index in [1.165, 1.54) is 6.33 Å². The van der Waals surface area contributed by atoms with Crippen molar-refractivity contribution in [3.05, 3.63) is 83.4 Å². The van der Waals surface area contributed by atoms with Gasteiger partial charge in [-0.1, -0.05) is 54.3 Å². The predicted molar refractivity (Wildman–Crippen MR) is 162 cm³/mol. The van der Waals surface area contributed by atoms with Gasteiger partial charge in [-0.2, -0.15) is 5.10 Å². The van der Waals surface area contributed by atoms with Gasteiger partial charge >= 0.3 is 0 Å². The number of anilines is 2. The normalized spacial score (nSPS) is 13.3. The zero-order chi connectivity index (χ0) is 27.4. The molecule has 0 bridgehead atoms. The summed E-state index contributed by atoms with van der Waals surface area (Å²) in [5, 5.41) is 10.4. The van der Waals surface area contributed by atoms with E-state index in [1.807, 2.05) is 35.9 Å². The van der Waals surface area contributed by atoms with Crippen LogP contribution in [0.5, 0.6) is 0 Å².